The summed E-state index contributed by atoms with van der Waals surface area (Å²) in [6.45, 7) is 1.40. The fraction of sp³-hybridized carbons (Fsp3) is 0.350. The standard InChI is InChI=1S/C20H23NO3S/c1-23-18-10-16-8-9-21(12-17(16)11-19(18)24-2)20(22)14-25-13-15-6-4-3-5-7-15/h3-7,10-11H,8-9,12-14H2,1-2H3. The summed E-state index contributed by atoms with van der Waals surface area (Å²) in [7, 11) is 3.28. The van der Waals surface area contributed by atoms with Gasteiger partial charge in [0.05, 0.1) is 20.0 Å². The summed E-state index contributed by atoms with van der Waals surface area (Å²) in [4.78, 5) is 14.5. The number of rotatable bonds is 6. The van der Waals surface area contributed by atoms with Crippen LogP contribution >= 0.6 is 11.8 Å². The summed E-state index contributed by atoms with van der Waals surface area (Å²) >= 11 is 1.67. The lowest BCUT2D eigenvalue weighted by molar-refractivity contribution is -0.129. The predicted molar refractivity (Wildman–Crippen MR) is 101 cm³/mol. The van der Waals surface area contributed by atoms with E-state index in [1.807, 2.05) is 35.2 Å². The molecule has 1 aliphatic heterocycles. The van der Waals surface area contributed by atoms with Gasteiger partial charge in [0.1, 0.15) is 0 Å². The first-order valence-corrected chi connectivity index (χ1v) is 9.50. The Hall–Kier alpha value is -2.14. The fourth-order valence-corrected chi connectivity index (χ4v) is 3.91. The number of nitrogens with zero attached hydrogens (tertiary/aromatic N) is 1. The summed E-state index contributed by atoms with van der Waals surface area (Å²) in [6, 6.07) is 14.3. The maximum Gasteiger partial charge on any atom is 0.232 e. The first-order valence-electron chi connectivity index (χ1n) is 8.34. The second kappa shape index (κ2) is 8.30. The van der Waals surface area contributed by atoms with E-state index in [9.17, 15) is 4.79 Å². The molecule has 0 unspecified atom stereocenters. The first-order chi connectivity index (χ1) is 12.2. The molecule has 0 atom stereocenters. The Morgan fingerprint density at radius 1 is 1.08 bits per heavy atom. The number of amides is 1. The van der Waals surface area contributed by atoms with Crippen molar-refractivity contribution in [3.8, 4) is 11.5 Å². The molecule has 25 heavy (non-hydrogen) atoms. The molecule has 2 aromatic carbocycles. The molecular formula is C20H23NO3S. The number of benzene rings is 2. The number of fused-ring (bicyclic) bond motifs is 1. The van der Waals surface area contributed by atoms with Crippen molar-refractivity contribution in [3.63, 3.8) is 0 Å². The molecule has 0 radical (unpaired) electrons. The molecule has 0 aromatic heterocycles. The third-order valence-electron chi connectivity index (χ3n) is 4.41. The highest BCUT2D eigenvalue weighted by atomic mass is 32.2. The zero-order valence-electron chi connectivity index (χ0n) is 14.7. The van der Waals surface area contributed by atoms with Crippen LogP contribution in [0.5, 0.6) is 11.5 Å². The van der Waals surface area contributed by atoms with E-state index in [1.54, 1.807) is 26.0 Å². The van der Waals surface area contributed by atoms with Crippen molar-refractivity contribution in [1.82, 2.24) is 4.90 Å². The van der Waals surface area contributed by atoms with E-state index in [-0.39, 0.29) is 5.91 Å². The Bertz CT molecular complexity index is 733. The molecule has 0 fully saturated rings. The molecule has 5 heteroatoms. The Balaban J connectivity index is 1.59. The average Bonchev–Trinajstić information content (AvgIpc) is 2.67. The van der Waals surface area contributed by atoms with Gasteiger partial charge in [-0.3, -0.25) is 4.79 Å². The van der Waals surface area contributed by atoms with Gasteiger partial charge in [-0.2, -0.15) is 0 Å². The van der Waals surface area contributed by atoms with E-state index in [1.165, 1.54) is 11.1 Å². The summed E-state index contributed by atoms with van der Waals surface area (Å²) < 4.78 is 10.7. The van der Waals surface area contributed by atoms with Crippen molar-refractivity contribution in [2.24, 2.45) is 0 Å². The lowest BCUT2D eigenvalue weighted by Gasteiger charge is -2.29. The van der Waals surface area contributed by atoms with Crippen molar-refractivity contribution in [2.45, 2.75) is 18.7 Å². The lowest BCUT2D eigenvalue weighted by atomic mass is 9.99. The van der Waals surface area contributed by atoms with Crippen LogP contribution in [-0.4, -0.2) is 37.3 Å². The van der Waals surface area contributed by atoms with Crippen LogP contribution in [0.15, 0.2) is 42.5 Å². The lowest BCUT2D eigenvalue weighted by Crippen LogP contribution is -2.37. The molecule has 2 aromatic rings. The van der Waals surface area contributed by atoms with Gasteiger partial charge in [-0.05, 0) is 35.2 Å². The van der Waals surface area contributed by atoms with Gasteiger partial charge in [0.15, 0.2) is 11.5 Å². The van der Waals surface area contributed by atoms with E-state index in [0.29, 0.717) is 18.0 Å². The summed E-state index contributed by atoms with van der Waals surface area (Å²) in [5.74, 6) is 3.04. The maximum atomic E-state index is 12.5. The van der Waals surface area contributed by atoms with E-state index in [2.05, 4.69) is 12.1 Å². The summed E-state index contributed by atoms with van der Waals surface area (Å²) in [5.41, 5.74) is 3.63. The maximum absolute atomic E-state index is 12.5. The van der Waals surface area contributed by atoms with Gasteiger partial charge in [0.25, 0.3) is 0 Å². The van der Waals surface area contributed by atoms with Gasteiger partial charge >= 0.3 is 0 Å². The monoisotopic (exact) mass is 357 g/mol. The van der Waals surface area contributed by atoms with E-state index in [0.717, 1.165) is 30.0 Å². The molecule has 1 aliphatic rings. The van der Waals surface area contributed by atoms with Crippen LogP contribution in [0.4, 0.5) is 0 Å². The molecule has 0 bridgehead atoms. The van der Waals surface area contributed by atoms with Gasteiger partial charge in [-0.25, -0.2) is 0 Å². The first kappa shape index (κ1) is 17.7. The molecule has 1 amide bonds. The van der Waals surface area contributed by atoms with Crippen molar-refractivity contribution in [1.29, 1.82) is 0 Å². The smallest absolute Gasteiger partial charge is 0.232 e. The molecule has 132 valence electrons. The van der Waals surface area contributed by atoms with Crippen LogP contribution in [0.3, 0.4) is 0 Å². The molecule has 0 saturated heterocycles. The van der Waals surface area contributed by atoms with Crippen LogP contribution in [0.1, 0.15) is 16.7 Å². The molecule has 0 N–H and O–H groups in total. The molecule has 3 rings (SSSR count). The number of carbonyl (C=O) groups is 1. The number of carbonyl (C=O) groups excluding carboxylic acids is 1. The predicted octanol–water partition coefficient (Wildman–Crippen LogP) is 3.52. The van der Waals surface area contributed by atoms with Crippen LogP contribution in [0.25, 0.3) is 0 Å². The van der Waals surface area contributed by atoms with Crippen LogP contribution < -0.4 is 9.47 Å². The third kappa shape index (κ3) is 4.28. The van der Waals surface area contributed by atoms with Gasteiger partial charge in [0.2, 0.25) is 5.91 Å². The number of methoxy groups -OCH3 is 2. The number of hydrogen-bond donors (Lipinski definition) is 0. The van der Waals surface area contributed by atoms with Crippen LogP contribution in [0.2, 0.25) is 0 Å². The third-order valence-corrected chi connectivity index (χ3v) is 5.40. The quantitative estimate of drug-likeness (QED) is 0.793. The highest BCUT2D eigenvalue weighted by molar-refractivity contribution is 7.99. The molecule has 1 heterocycles. The Kier molecular flexibility index (Phi) is 5.87. The zero-order valence-corrected chi connectivity index (χ0v) is 15.5. The topological polar surface area (TPSA) is 38.8 Å². The highest BCUT2D eigenvalue weighted by Crippen LogP contribution is 2.33. The van der Waals surface area contributed by atoms with E-state index >= 15 is 0 Å². The largest absolute Gasteiger partial charge is 0.493 e. The Morgan fingerprint density at radius 2 is 1.76 bits per heavy atom. The SMILES string of the molecule is COc1cc2c(cc1OC)CN(C(=O)CSCc1ccccc1)CC2. The van der Waals surface area contributed by atoms with Crippen molar-refractivity contribution in [2.75, 3.05) is 26.5 Å². The van der Waals surface area contributed by atoms with Crippen LogP contribution in [-0.2, 0) is 23.5 Å². The van der Waals surface area contributed by atoms with E-state index in [4.69, 9.17) is 9.47 Å². The second-order valence-electron chi connectivity index (χ2n) is 6.02. The van der Waals surface area contributed by atoms with Crippen LogP contribution in [0, 0.1) is 0 Å². The number of ether oxygens (including phenoxy) is 2. The normalized spacial score (nSPS) is 13.3. The minimum absolute atomic E-state index is 0.196. The molecule has 0 spiro atoms. The molecule has 4 nitrogen and oxygen atoms in total. The summed E-state index contributed by atoms with van der Waals surface area (Å²) in [5, 5.41) is 0. The van der Waals surface area contributed by atoms with Gasteiger partial charge in [-0.15, -0.1) is 11.8 Å². The number of thioether (sulfide) groups is 1. The Morgan fingerprint density at radius 3 is 2.44 bits per heavy atom. The van der Waals surface area contributed by atoms with E-state index < -0.39 is 0 Å². The van der Waals surface area contributed by atoms with Crippen molar-refractivity contribution in [3.05, 3.63) is 59.2 Å². The fourth-order valence-electron chi connectivity index (χ4n) is 3.02. The second-order valence-corrected chi connectivity index (χ2v) is 7.01. The van der Waals surface area contributed by atoms with Gasteiger partial charge in [0, 0.05) is 18.8 Å². The minimum Gasteiger partial charge on any atom is -0.493 e. The molecule has 0 saturated carbocycles. The summed E-state index contributed by atoms with van der Waals surface area (Å²) in [6.07, 6.45) is 0.852. The van der Waals surface area contributed by atoms with Crippen molar-refractivity contribution >= 4 is 17.7 Å². The molecule has 0 aliphatic carbocycles. The van der Waals surface area contributed by atoms with Gasteiger partial charge in [-0.1, -0.05) is 30.3 Å². The minimum atomic E-state index is 0.196. The number of hydrogen-bond acceptors (Lipinski definition) is 4. The Labute approximate surface area is 153 Å². The average molecular weight is 357 g/mol. The molecular weight excluding hydrogens is 334 g/mol. The highest BCUT2D eigenvalue weighted by Gasteiger charge is 2.22. The van der Waals surface area contributed by atoms with Gasteiger partial charge < -0.3 is 14.4 Å². The van der Waals surface area contributed by atoms with Crippen molar-refractivity contribution < 1.29 is 14.3 Å². The zero-order chi connectivity index (χ0) is 17.6.